The first-order valence-electron chi connectivity index (χ1n) is 4.25. The monoisotopic (exact) mass is 201 g/mol. The summed E-state index contributed by atoms with van der Waals surface area (Å²) >= 11 is 0. The van der Waals surface area contributed by atoms with E-state index in [9.17, 15) is 10.1 Å². The second-order valence-corrected chi connectivity index (χ2v) is 2.99. The molecule has 4 heteroatoms. The average molecular weight is 201 g/mol. The predicted molar refractivity (Wildman–Crippen MR) is 56.0 cm³/mol. The van der Waals surface area contributed by atoms with Crippen LogP contribution in [0.3, 0.4) is 0 Å². The number of nitrogens with zero attached hydrogens (tertiary/aromatic N) is 2. The predicted octanol–water partition coefficient (Wildman–Crippen LogP) is 2.59. The summed E-state index contributed by atoms with van der Waals surface area (Å²) in [5, 5.41) is 19.4. The molecule has 0 atom stereocenters. The van der Waals surface area contributed by atoms with Gasteiger partial charge in [-0.05, 0) is 11.6 Å². The van der Waals surface area contributed by atoms with Gasteiger partial charge in [-0.2, -0.15) is 5.26 Å². The lowest BCUT2D eigenvalue weighted by Gasteiger charge is -2.06. The highest BCUT2D eigenvalue weighted by Gasteiger charge is 2.13. The fourth-order valence-corrected chi connectivity index (χ4v) is 1.18. The number of rotatable bonds is 3. The Morgan fingerprint density at radius 2 is 2.33 bits per heavy atom. The molecule has 1 aromatic carbocycles. The van der Waals surface area contributed by atoms with Crippen LogP contribution in [0.15, 0.2) is 30.9 Å². The lowest BCUT2D eigenvalue weighted by molar-refractivity contribution is -0.384. The maximum Gasteiger partial charge on any atom is 0.269 e. The van der Waals surface area contributed by atoms with Gasteiger partial charge in [0.15, 0.2) is 0 Å². The summed E-state index contributed by atoms with van der Waals surface area (Å²) in [5.41, 5.74) is 0.949. The molecule has 1 aromatic rings. The zero-order chi connectivity index (χ0) is 11.4. The minimum absolute atomic E-state index is 0.0230. The van der Waals surface area contributed by atoms with Crippen LogP contribution in [-0.2, 0) is 0 Å². The lowest BCUT2D eigenvalue weighted by Crippen LogP contribution is -1.97. The third-order valence-corrected chi connectivity index (χ3v) is 2.07. The third-order valence-electron chi connectivity index (χ3n) is 2.07. The number of benzene rings is 1. The van der Waals surface area contributed by atoms with E-state index in [0.717, 1.165) is 5.92 Å². The molecule has 0 N–H and O–H groups in total. The first kappa shape index (κ1) is 10.9. The van der Waals surface area contributed by atoms with Crippen molar-refractivity contribution >= 4 is 5.69 Å². The van der Waals surface area contributed by atoms with Gasteiger partial charge in [-0.25, -0.2) is 0 Å². The van der Waals surface area contributed by atoms with Gasteiger partial charge in [0.25, 0.3) is 5.69 Å². The van der Waals surface area contributed by atoms with E-state index in [1.165, 1.54) is 18.2 Å². The van der Waals surface area contributed by atoms with Crippen LogP contribution in [0.4, 0.5) is 5.69 Å². The summed E-state index contributed by atoms with van der Waals surface area (Å²) < 4.78 is 0. The second kappa shape index (κ2) is 4.38. The van der Waals surface area contributed by atoms with Crippen molar-refractivity contribution in [3.05, 3.63) is 58.0 Å². The minimum Gasteiger partial charge on any atom is -0.258 e. The van der Waals surface area contributed by atoms with Crippen molar-refractivity contribution in [3.63, 3.8) is 0 Å². The molecule has 4 nitrogen and oxygen atoms in total. The van der Waals surface area contributed by atoms with E-state index >= 15 is 0 Å². The van der Waals surface area contributed by atoms with Gasteiger partial charge < -0.3 is 0 Å². The molecule has 1 rings (SSSR count). The summed E-state index contributed by atoms with van der Waals surface area (Å²) in [6, 6.07) is 6.13. The van der Waals surface area contributed by atoms with Gasteiger partial charge in [-0.15, -0.1) is 6.58 Å². The lowest BCUT2D eigenvalue weighted by atomic mass is 9.96. The highest BCUT2D eigenvalue weighted by molar-refractivity contribution is 5.53. The van der Waals surface area contributed by atoms with Crippen LogP contribution in [0.5, 0.6) is 0 Å². The first-order valence-corrected chi connectivity index (χ1v) is 4.25. The van der Waals surface area contributed by atoms with E-state index in [1.54, 1.807) is 13.0 Å². The van der Waals surface area contributed by atoms with Crippen molar-refractivity contribution in [2.24, 2.45) is 0 Å². The summed E-state index contributed by atoms with van der Waals surface area (Å²) in [4.78, 5) is 10.1. The molecule has 0 spiro atoms. The number of hydrogen-bond acceptors (Lipinski definition) is 3. The van der Waals surface area contributed by atoms with Crippen LogP contribution in [0.2, 0.25) is 0 Å². The SMILES string of the molecule is C=C[C](C)c1cc([N+](=O)[O-])ccc1C#N. The molecule has 75 valence electrons. The topological polar surface area (TPSA) is 66.9 Å². The summed E-state index contributed by atoms with van der Waals surface area (Å²) in [6.07, 6.45) is 1.57. The number of nitriles is 1. The van der Waals surface area contributed by atoms with Gasteiger partial charge in [0, 0.05) is 18.1 Å². The standard InChI is InChI=1S/C11H9N2O2/c1-3-8(2)11-6-10(13(14)15)5-4-9(11)7-12/h3-6H,1H2,2H3. The number of nitro benzene ring substituents is 1. The molecule has 0 aliphatic carbocycles. The molecule has 0 aromatic heterocycles. The largest absolute Gasteiger partial charge is 0.269 e. The van der Waals surface area contributed by atoms with E-state index in [-0.39, 0.29) is 5.69 Å². The van der Waals surface area contributed by atoms with Crippen molar-refractivity contribution in [1.82, 2.24) is 0 Å². The Hall–Kier alpha value is -2.15. The zero-order valence-corrected chi connectivity index (χ0v) is 8.23. The highest BCUT2D eigenvalue weighted by Crippen LogP contribution is 2.24. The fourth-order valence-electron chi connectivity index (χ4n) is 1.18. The zero-order valence-electron chi connectivity index (χ0n) is 8.23. The molecule has 0 saturated heterocycles. The van der Waals surface area contributed by atoms with Crippen molar-refractivity contribution in [2.75, 3.05) is 0 Å². The van der Waals surface area contributed by atoms with Gasteiger partial charge in [-0.3, -0.25) is 10.1 Å². The Morgan fingerprint density at radius 3 is 2.80 bits per heavy atom. The van der Waals surface area contributed by atoms with Gasteiger partial charge in [-0.1, -0.05) is 13.0 Å². The Kier molecular flexibility index (Phi) is 3.19. The van der Waals surface area contributed by atoms with E-state index in [4.69, 9.17) is 5.26 Å². The van der Waals surface area contributed by atoms with Crippen LogP contribution < -0.4 is 0 Å². The van der Waals surface area contributed by atoms with E-state index in [0.29, 0.717) is 11.1 Å². The molecule has 0 fully saturated rings. The summed E-state index contributed by atoms with van der Waals surface area (Å²) in [7, 11) is 0. The molecule has 15 heavy (non-hydrogen) atoms. The van der Waals surface area contributed by atoms with Crippen LogP contribution in [0.25, 0.3) is 0 Å². The molecular formula is C11H9N2O2. The van der Waals surface area contributed by atoms with Crippen molar-refractivity contribution in [1.29, 1.82) is 5.26 Å². The van der Waals surface area contributed by atoms with Crippen LogP contribution in [0, 0.1) is 27.4 Å². The maximum atomic E-state index is 10.6. The Balaban J connectivity index is 3.32. The van der Waals surface area contributed by atoms with Gasteiger partial charge >= 0.3 is 0 Å². The summed E-state index contributed by atoms with van der Waals surface area (Å²) in [5.74, 6) is 0.746. The fraction of sp³-hybridized carbons (Fsp3) is 0.0909. The molecule has 0 saturated carbocycles. The Labute approximate surface area is 87.6 Å². The average Bonchev–Trinajstić information content (AvgIpc) is 2.27. The molecule has 1 radical (unpaired) electrons. The second-order valence-electron chi connectivity index (χ2n) is 2.99. The molecule has 0 aliphatic rings. The first-order chi connectivity index (χ1) is 7.10. The van der Waals surface area contributed by atoms with Crippen molar-refractivity contribution in [3.8, 4) is 6.07 Å². The number of allylic oxidation sites excluding steroid dienone is 1. The number of hydrogen-bond donors (Lipinski definition) is 0. The van der Waals surface area contributed by atoms with E-state index in [1.807, 2.05) is 6.07 Å². The Morgan fingerprint density at radius 1 is 1.67 bits per heavy atom. The number of nitro groups is 1. The Bertz CT molecular complexity index is 446. The van der Waals surface area contributed by atoms with Crippen molar-refractivity contribution in [2.45, 2.75) is 6.92 Å². The van der Waals surface area contributed by atoms with Gasteiger partial charge in [0.2, 0.25) is 0 Å². The van der Waals surface area contributed by atoms with Crippen LogP contribution in [0.1, 0.15) is 18.1 Å². The summed E-state index contributed by atoms with van der Waals surface area (Å²) in [6.45, 7) is 5.33. The van der Waals surface area contributed by atoms with Gasteiger partial charge in [0.05, 0.1) is 16.6 Å². The normalized spacial score (nSPS) is 9.67. The molecular weight excluding hydrogens is 192 g/mol. The molecule has 0 amide bonds. The highest BCUT2D eigenvalue weighted by atomic mass is 16.6. The van der Waals surface area contributed by atoms with E-state index in [2.05, 4.69) is 6.58 Å². The molecule has 0 heterocycles. The van der Waals surface area contributed by atoms with E-state index < -0.39 is 4.92 Å². The smallest absolute Gasteiger partial charge is 0.258 e. The molecule has 0 bridgehead atoms. The van der Waals surface area contributed by atoms with Crippen LogP contribution in [-0.4, -0.2) is 4.92 Å². The van der Waals surface area contributed by atoms with Crippen molar-refractivity contribution < 1.29 is 4.92 Å². The number of non-ortho nitro benzene ring substituents is 1. The minimum atomic E-state index is -0.485. The van der Waals surface area contributed by atoms with Crippen LogP contribution >= 0.6 is 0 Å². The maximum absolute atomic E-state index is 10.6. The third kappa shape index (κ3) is 2.20. The molecule has 0 unspecified atom stereocenters. The van der Waals surface area contributed by atoms with Gasteiger partial charge in [0.1, 0.15) is 0 Å². The quantitative estimate of drug-likeness (QED) is 0.557. The molecule has 0 aliphatic heterocycles.